The fourth-order valence-electron chi connectivity index (χ4n) is 2.71. The second-order valence-electron chi connectivity index (χ2n) is 6.18. The third-order valence-electron chi connectivity index (χ3n) is 4.20. The Bertz CT molecular complexity index is 559. The number of rotatable bonds is 8. The molecule has 0 aliphatic heterocycles. The van der Waals surface area contributed by atoms with Crippen LogP contribution in [0.25, 0.3) is 0 Å². The first-order valence-corrected chi connectivity index (χ1v) is 9.27. The topological polar surface area (TPSA) is 63.1 Å². The highest BCUT2D eigenvalue weighted by molar-refractivity contribution is 7.89. The van der Waals surface area contributed by atoms with Gasteiger partial charge >= 0.3 is 0 Å². The van der Waals surface area contributed by atoms with Crippen molar-refractivity contribution in [1.82, 2.24) is 14.6 Å². The number of nitrogens with zero attached hydrogens (tertiary/aromatic N) is 1. The molecule has 0 amide bonds. The van der Waals surface area contributed by atoms with E-state index < -0.39 is 10.0 Å². The van der Waals surface area contributed by atoms with Crippen LogP contribution in [0.2, 0.25) is 0 Å². The van der Waals surface area contributed by atoms with Crippen molar-refractivity contribution in [2.24, 2.45) is 5.92 Å². The van der Waals surface area contributed by atoms with E-state index in [0.717, 1.165) is 12.1 Å². The Morgan fingerprint density at radius 1 is 1.38 bits per heavy atom. The summed E-state index contributed by atoms with van der Waals surface area (Å²) in [5, 5.41) is 3.08. The SMILES string of the molecule is CNCc1cc(S(=O)(=O)NCCC2CCC2)cn1C(C)C. The van der Waals surface area contributed by atoms with Crippen LogP contribution in [0.5, 0.6) is 0 Å². The summed E-state index contributed by atoms with van der Waals surface area (Å²) in [6.07, 6.45) is 6.48. The van der Waals surface area contributed by atoms with Crippen LogP contribution < -0.4 is 10.0 Å². The molecule has 0 bridgehead atoms. The largest absolute Gasteiger partial charge is 0.346 e. The molecule has 0 aromatic carbocycles. The zero-order valence-electron chi connectivity index (χ0n) is 13.2. The Kier molecular flexibility index (Phi) is 5.46. The van der Waals surface area contributed by atoms with Crippen molar-refractivity contribution in [3.05, 3.63) is 18.0 Å². The van der Waals surface area contributed by atoms with Crippen molar-refractivity contribution in [2.45, 2.75) is 57.0 Å². The molecule has 0 unspecified atom stereocenters. The Morgan fingerprint density at radius 3 is 2.62 bits per heavy atom. The van der Waals surface area contributed by atoms with Crippen LogP contribution in [0.15, 0.2) is 17.2 Å². The molecule has 1 saturated carbocycles. The van der Waals surface area contributed by atoms with E-state index in [4.69, 9.17) is 0 Å². The van der Waals surface area contributed by atoms with Crippen LogP contribution in [0.4, 0.5) is 0 Å². The van der Waals surface area contributed by atoms with Gasteiger partial charge in [-0.25, -0.2) is 13.1 Å². The second-order valence-corrected chi connectivity index (χ2v) is 7.95. The second kappa shape index (κ2) is 6.94. The zero-order chi connectivity index (χ0) is 15.5. The van der Waals surface area contributed by atoms with Gasteiger partial charge in [0.15, 0.2) is 0 Å². The molecule has 0 atom stereocenters. The maximum absolute atomic E-state index is 12.4. The molecule has 1 aromatic rings. The zero-order valence-corrected chi connectivity index (χ0v) is 14.0. The molecule has 1 aliphatic rings. The number of hydrogen-bond donors (Lipinski definition) is 2. The lowest BCUT2D eigenvalue weighted by atomic mass is 9.83. The third-order valence-corrected chi connectivity index (χ3v) is 5.63. The monoisotopic (exact) mass is 313 g/mol. The lowest BCUT2D eigenvalue weighted by Gasteiger charge is -2.24. The summed E-state index contributed by atoms with van der Waals surface area (Å²) < 4.78 is 29.5. The maximum atomic E-state index is 12.4. The van der Waals surface area contributed by atoms with E-state index >= 15 is 0 Å². The molecule has 120 valence electrons. The first kappa shape index (κ1) is 16.5. The van der Waals surface area contributed by atoms with Crippen molar-refractivity contribution < 1.29 is 8.42 Å². The predicted molar refractivity (Wildman–Crippen MR) is 84.7 cm³/mol. The number of sulfonamides is 1. The van der Waals surface area contributed by atoms with E-state index in [-0.39, 0.29) is 6.04 Å². The average molecular weight is 313 g/mol. The van der Waals surface area contributed by atoms with Crippen molar-refractivity contribution in [3.63, 3.8) is 0 Å². The molecule has 0 saturated heterocycles. The highest BCUT2D eigenvalue weighted by Gasteiger charge is 2.21. The summed E-state index contributed by atoms with van der Waals surface area (Å²) in [5.74, 6) is 0.716. The van der Waals surface area contributed by atoms with Gasteiger partial charge in [0.05, 0.1) is 4.90 Å². The summed E-state index contributed by atoms with van der Waals surface area (Å²) in [5.41, 5.74) is 0.992. The van der Waals surface area contributed by atoms with Gasteiger partial charge in [-0.3, -0.25) is 0 Å². The van der Waals surface area contributed by atoms with Crippen LogP contribution in [0.1, 0.15) is 51.3 Å². The molecule has 0 radical (unpaired) electrons. The van der Waals surface area contributed by atoms with Gasteiger partial charge < -0.3 is 9.88 Å². The smallest absolute Gasteiger partial charge is 0.242 e. The number of aromatic nitrogens is 1. The number of hydrogen-bond acceptors (Lipinski definition) is 3. The summed E-state index contributed by atoms with van der Waals surface area (Å²) in [6, 6.07) is 2.01. The lowest BCUT2D eigenvalue weighted by Crippen LogP contribution is -2.27. The first-order chi connectivity index (χ1) is 9.94. The predicted octanol–water partition coefficient (Wildman–Crippen LogP) is 2.26. The van der Waals surface area contributed by atoms with Gasteiger partial charge in [0.2, 0.25) is 10.0 Å². The van der Waals surface area contributed by atoms with Crippen molar-refractivity contribution in [3.8, 4) is 0 Å². The van der Waals surface area contributed by atoms with E-state index in [1.54, 1.807) is 12.3 Å². The van der Waals surface area contributed by atoms with E-state index in [2.05, 4.69) is 23.9 Å². The van der Waals surface area contributed by atoms with E-state index in [0.29, 0.717) is 23.9 Å². The molecular formula is C15H27N3O2S. The molecular weight excluding hydrogens is 286 g/mol. The minimum Gasteiger partial charge on any atom is -0.346 e. The van der Waals surface area contributed by atoms with Gasteiger partial charge in [-0.15, -0.1) is 0 Å². The fourth-order valence-corrected chi connectivity index (χ4v) is 3.81. The van der Waals surface area contributed by atoms with Gasteiger partial charge in [-0.2, -0.15) is 0 Å². The molecule has 2 rings (SSSR count). The Labute approximate surface area is 128 Å². The fraction of sp³-hybridized carbons (Fsp3) is 0.733. The Hall–Kier alpha value is -0.850. The molecule has 21 heavy (non-hydrogen) atoms. The van der Waals surface area contributed by atoms with Crippen molar-refractivity contribution >= 4 is 10.0 Å². The molecule has 5 nitrogen and oxygen atoms in total. The van der Waals surface area contributed by atoms with Crippen molar-refractivity contribution in [2.75, 3.05) is 13.6 Å². The highest BCUT2D eigenvalue weighted by Crippen LogP contribution is 2.29. The molecule has 1 fully saturated rings. The van der Waals surface area contributed by atoms with Crippen LogP contribution in [-0.2, 0) is 16.6 Å². The minimum absolute atomic E-state index is 0.243. The van der Waals surface area contributed by atoms with Gasteiger partial charge in [-0.05, 0) is 39.3 Å². The van der Waals surface area contributed by atoms with E-state index in [1.165, 1.54) is 19.3 Å². The third kappa shape index (κ3) is 4.08. The first-order valence-electron chi connectivity index (χ1n) is 7.79. The lowest BCUT2D eigenvalue weighted by molar-refractivity contribution is 0.297. The number of nitrogens with one attached hydrogen (secondary N) is 2. The normalized spacial score (nSPS) is 16.4. The van der Waals surface area contributed by atoms with Gasteiger partial charge in [0.25, 0.3) is 0 Å². The van der Waals surface area contributed by atoms with E-state index in [1.807, 2.05) is 11.6 Å². The molecule has 2 N–H and O–H groups in total. The van der Waals surface area contributed by atoms with Crippen molar-refractivity contribution in [1.29, 1.82) is 0 Å². The average Bonchev–Trinajstić information content (AvgIpc) is 2.78. The molecule has 6 heteroatoms. The van der Waals surface area contributed by atoms with Crippen LogP contribution in [0, 0.1) is 5.92 Å². The molecule has 1 aromatic heterocycles. The molecule has 0 spiro atoms. The molecule has 1 heterocycles. The van der Waals surface area contributed by atoms with Gasteiger partial charge in [-0.1, -0.05) is 19.3 Å². The summed E-state index contributed by atoms with van der Waals surface area (Å²) in [7, 11) is -1.53. The van der Waals surface area contributed by atoms with E-state index in [9.17, 15) is 8.42 Å². The quantitative estimate of drug-likeness (QED) is 0.774. The standard InChI is InChI=1S/C15H27N3O2S/c1-12(2)18-11-15(9-14(18)10-16-3)21(19,20)17-8-7-13-5-4-6-13/h9,11-13,16-17H,4-8,10H2,1-3H3. The Balaban J connectivity index is 2.05. The van der Waals surface area contributed by atoms with Crippen LogP contribution >= 0.6 is 0 Å². The molecule has 1 aliphatic carbocycles. The minimum atomic E-state index is -3.39. The maximum Gasteiger partial charge on any atom is 0.242 e. The highest BCUT2D eigenvalue weighted by atomic mass is 32.2. The van der Waals surface area contributed by atoms with Crippen LogP contribution in [-0.4, -0.2) is 26.6 Å². The summed E-state index contributed by atoms with van der Waals surface area (Å²) in [6.45, 7) is 5.32. The summed E-state index contributed by atoms with van der Waals surface area (Å²) >= 11 is 0. The van der Waals surface area contributed by atoms with Gasteiger partial charge in [0, 0.05) is 31.0 Å². The Morgan fingerprint density at radius 2 is 2.10 bits per heavy atom. The van der Waals surface area contributed by atoms with Crippen LogP contribution in [0.3, 0.4) is 0 Å². The van der Waals surface area contributed by atoms with Gasteiger partial charge in [0.1, 0.15) is 0 Å². The summed E-state index contributed by atoms with van der Waals surface area (Å²) in [4.78, 5) is 0.370.